The second-order valence-electron chi connectivity index (χ2n) is 7.70. The van der Waals surface area contributed by atoms with Gasteiger partial charge in [0.15, 0.2) is 23.0 Å². The molecular weight excluding hydrogens is 524 g/mol. The Bertz CT molecular complexity index is 1270. The van der Waals surface area contributed by atoms with Crippen molar-refractivity contribution >= 4 is 26.0 Å². The molecule has 0 fully saturated rings. The number of hydrogen-bond acceptors (Lipinski definition) is 7. The number of primary sulfonamides is 1. The van der Waals surface area contributed by atoms with Gasteiger partial charge in [-0.2, -0.15) is 0 Å². The van der Waals surface area contributed by atoms with Crippen molar-refractivity contribution in [1.82, 2.24) is 5.32 Å². The molecule has 1 aliphatic heterocycles. The first-order valence-corrected chi connectivity index (χ1v) is 12.9. The molecule has 3 aromatic rings. The number of nitrogens with one attached hydrogen (secondary N) is 1. The molecular formula is C24H25BrN2O6S. The standard InChI is InChI=1S/C24H25BrN2O6S/c1-30-23-12-18(13-27-9-8-16-2-5-19(6-3-16)34(26,28)29)10-20(25)24(23)31-14-17-4-7-21-22(11-17)33-15-32-21/h2-7,10-12,27H,8-9,13-15H2,1H3,(H2,26,28,29). The molecule has 1 heterocycles. The lowest BCUT2D eigenvalue weighted by atomic mass is 10.1. The number of hydrogen-bond donors (Lipinski definition) is 2. The second-order valence-corrected chi connectivity index (χ2v) is 10.1. The van der Waals surface area contributed by atoms with Gasteiger partial charge in [0, 0.05) is 6.54 Å². The summed E-state index contributed by atoms with van der Waals surface area (Å²) < 4.78 is 45.9. The van der Waals surface area contributed by atoms with Gasteiger partial charge in [0.1, 0.15) is 6.61 Å². The molecule has 34 heavy (non-hydrogen) atoms. The summed E-state index contributed by atoms with van der Waals surface area (Å²) in [5.41, 5.74) is 3.01. The summed E-state index contributed by atoms with van der Waals surface area (Å²) in [4.78, 5) is 0.113. The number of methoxy groups -OCH3 is 1. The van der Waals surface area contributed by atoms with E-state index >= 15 is 0 Å². The second kappa shape index (κ2) is 10.6. The quantitative estimate of drug-likeness (QED) is 0.371. The fraction of sp³-hybridized carbons (Fsp3) is 0.250. The van der Waals surface area contributed by atoms with Crippen LogP contribution < -0.4 is 29.4 Å². The number of sulfonamides is 1. The summed E-state index contributed by atoms with van der Waals surface area (Å²) >= 11 is 3.59. The van der Waals surface area contributed by atoms with Crippen molar-refractivity contribution in [1.29, 1.82) is 0 Å². The largest absolute Gasteiger partial charge is 0.493 e. The molecule has 0 saturated carbocycles. The van der Waals surface area contributed by atoms with E-state index in [2.05, 4.69) is 21.2 Å². The van der Waals surface area contributed by atoms with Gasteiger partial charge >= 0.3 is 0 Å². The topological polar surface area (TPSA) is 109 Å². The van der Waals surface area contributed by atoms with Crippen LogP contribution in [0.2, 0.25) is 0 Å². The number of benzene rings is 3. The van der Waals surface area contributed by atoms with E-state index in [1.165, 1.54) is 12.1 Å². The van der Waals surface area contributed by atoms with E-state index in [0.717, 1.165) is 39.9 Å². The molecule has 3 aromatic carbocycles. The Balaban J connectivity index is 1.32. The molecule has 8 nitrogen and oxygen atoms in total. The summed E-state index contributed by atoms with van der Waals surface area (Å²) in [6, 6.07) is 16.2. The lowest BCUT2D eigenvalue weighted by Crippen LogP contribution is -2.17. The van der Waals surface area contributed by atoms with Crippen molar-refractivity contribution in [3.63, 3.8) is 0 Å². The molecule has 0 spiro atoms. The third kappa shape index (κ3) is 6.01. The lowest BCUT2D eigenvalue weighted by Gasteiger charge is -2.15. The van der Waals surface area contributed by atoms with Gasteiger partial charge < -0.3 is 24.3 Å². The van der Waals surface area contributed by atoms with Gasteiger partial charge in [0.05, 0.1) is 16.5 Å². The van der Waals surface area contributed by atoms with Gasteiger partial charge in [-0.15, -0.1) is 0 Å². The summed E-state index contributed by atoms with van der Waals surface area (Å²) in [6.07, 6.45) is 0.750. The van der Waals surface area contributed by atoms with Crippen LogP contribution in [0.15, 0.2) is 64.0 Å². The minimum atomic E-state index is -3.67. The summed E-state index contributed by atoms with van der Waals surface area (Å²) in [7, 11) is -2.06. The molecule has 0 aromatic heterocycles. The van der Waals surface area contributed by atoms with Gasteiger partial charge in [0.25, 0.3) is 0 Å². The lowest BCUT2D eigenvalue weighted by molar-refractivity contribution is 0.174. The maximum absolute atomic E-state index is 11.4. The zero-order valence-electron chi connectivity index (χ0n) is 18.5. The average molecular weight is 549 g/mol. The zero-order chi connectivity index (χ0) is 24.1. The number of halogens is 1. The molecule has 0 saturated heterocycles. The highest BCUT2D eigenvalue weighted by Gasteiger charge is 2.15. The van der Waals surface area contributed by atoms with E-state index in [1.807, 2.05) is 30.3 Å². The van der Waals surface area contributed by atoms with E-state index in [1.54, 1.807) is 19.2 Å². The molecule has 0 unspecified atom stereocenters. The van der Waals surface area contributed by atoms with Crippen LogP contribution in [0, 0.1) is 0 Å². The Labute approximate surface area is 207 Å². The Morgan fingerprint density at radius 3 is 2.47 bits per heavy atom. The summed E-state index contributed by atoms with van der Waals surface area (Å²) in [5, 5.41) is 8.52. The predicted molar refractivity (Wildman–Crippen MR) is 131 cm³/mol. The number of rotatable bonds is 10. The molecule has 0 atom stereocenters. The van der Waals surface area contributed by atoms with Gasteiger partial charge in [-0.3, -0.25) is 0 Å². The molecule has 0 aliphatic carbocycles. The van der Waals surface area contributed by atoms with E-state index in [-0.39, 0.29) is 11.7 Å². The van der Waals surface area contributed by atoms with Crippen molar-refractivity contribution in [2.45, 2.75) is 24.5 Å². The molecule has 0 amide bonds. The molecule has 180 valence electrons. The third-order valence-electron chi connectivity index (χ3n) is 5.28. The SMILES string of the molecule is COc1cc(CNCCc2ccc(S(N)(=O)=O)cc2)cc(Br)c1OCc1ccc2c(c1)OCO2. The van der Waals surface area contributed by atoms with E-state index in [4.69, 9.17) is 24.1 Å². The van der Waals surface area contributed by atoms with E-state index in [0.29, 0.717) is 30.4 Å². The van der Waals surface area contributed by atoms with Gasteiger partial charge in [0.2, 0.25) is 16.8 Å². The minimum absolute atomic E-state index is 0.113. The fourth-order valence-electron chi connectivity index (χ4n) is 3.51. The van der Waals surface area contributed by atoms with Crippen molar-refractivity contribution < 1.29 is 27.4 Å². The van der Waals surface area contributed by atoms with Crippen LogP contribution >= 0.6 is 15.9 Å². The first-order valence-electron chi connectivity index (χ1n) is 10.5. The van der Waals surface area contributed by atoms with Crippen molar-refractivity contribution in [2.75, 3.05) is 20.4 Å². The fourth-order valence-corrected chi connectivity index (χ4v) is 4.63. The van der Waals surface area contributed by atoms with Crippen molar-refractivity contribution in [3.05, 3.63) is 75.8 Å². The van der Waals surface area contributed by atoms with Crippen LogP contribution in [-0.2, 0) is 29.6 Å². The summed E-state index contributed by atoms with van der Waals surface area (Å²) in [5.74, 6) is 2.71. The third-order valence-corrected chi connectivity index (χ3v) is 6.80. The number of nitrogens with two attached hydrogens (primary N) is 1. The Hall–Kier alpha value is -2.79. The van der Waals surface area contributed by atoms with E-state index in [9.17, 15) is 8.42 Å². The Morgan fingerprint density at radius 1 is 1.00 bits per heavy atom. The maximum Gasteiger partial charge on any atom is 0.238 e. The number of ether oxygens (including phenoxy) is 4. The normalized spacial score (nSPS) is 12.6. The van der Waals surface area contributed by atoms with Crippen molar-refractivity contribution in [2.24, 2.45) is 5.14 Å². The number of fused-ring (bicyclic) bond motifs is 1. The van der Waals surface area contributed by atoms with Gasteiger partial charge in [-0.1, -0.05) is 18.2 Å². The summed E-state index contributed by atoms with van der Waals surface area (Å²) in [6.45, 7) is 1.94. The van der Waals surface area contributed by atoms with Crippen LogP contribution in [-0.4, -0.2) is 28.9 Å². The maximum atomic E-state index is 11.4. The zero-order valence-corrected chi connectivity index (χ0v) is 20.9. The van der Waals surface area contributed by atoms with Crippen LogP contribution in [0.25, 0.3) is 0 Å². The van der Waals surface area contributed by atoms with Gasteiger partial charge in [-0.25, -0.2) is 13.6 Å². The molecule has 0 radical (unpaired) electrons. The Morgan fingerprint density at radius 2 is 1.74 bits per heavy atom. The molecule has 4 rings (SSSR count). The predicted octanol–water partition coefficient (Wildman–Crippen LogP) is 3.75. The smallest absolute Gasteiger partial charge is 0.238 e. The Kier molecular flexibility index (Phi) is 7.62. The highest BCUT2D eigenvalue weighted by atomic mass is 79.9. The first-order chi connectivity index (χ1) is 16.3. The van der Waals surface area contributed by atoms with Crippen LogP contribution in [0.3, 0.4) is 0 Å². The molecule has 10 heteroatoms. The molecule has 1 aliphatic rings. The van der Waals surface area contributed by atoms with Gasteiger partial charge in [-0.05, 0) is 82.0 Å². The van der Waals surface area contributed by atoms with Crippen LogP contribution in [0.1, 0.15) is 16.7 Å². The van der Waals surface area contributed by atoms with Crippen molar-refractivity contribution in [3.8, 4) is 23.0 Å². The highest BCUT2D eigenvalue weighted by molar-refractivity contribution is 9.10. The minimum Gasteiger partial charge on any atom is -0.493 e. The molecule has 3 N–H and O–H groups in total. The van der Waals surface area contributed by atoms with E-state index < -0.39 is 10.0 Å². The first kappa shape index (κ1) is 24.3. The van der Waals surface area contributed by atoms with Crippen LogP contribution in [0.5, 0.6) is 23.0 Å². The monoisotopic (exact) mass is 548 g/mol. The highest BCUT2D eigenvalue weighted by Crippen LogP contribution is 2.38. The molecule has 0 bridgehead atoms. The average Bonchev–Trinajstić information content (AvgIpc) is 3.28. The van der Waals surface area contributed by atoms with Crippen LogP contribution in [0.4, 0.5) is 0 Å².